The Morgan fingerprint density at radius 2 is 1.78 bits per heavy atom. The van der Waals surface area contributed by atoms with Crippen LogP contribution in [0.1, 0.15) is 77.1 Å². The van der Waals surface area contributed by atoms with E-state index in [-0.39, 0.29) is 0 Å². The van der Waals surface area contributed by atoms with Crippen molar-refractivity contribution in [1.82, 2.24) is 29.0 Å². The van der Waals surface area contributed by atoms with E-state index in [0.29, 0.717) is 43.3 Å². The number of nitrogens with zero attached hydrogens (tertiary/aromatic N) is 6. The molecule has 0 aliphatic carbocycles. The number of aromatic nitrogens is 5. The molecule has 0 spiro atoms. The van der Waals surface area contributed by atoms with E-state index in [9.17, 15) is 10.2 Å². The molecule has 11 heteroatoms. The lowest BCUT2D eigenvalue weighted by molar-refractivity contribution is -0.0481. The molecule has 3 aliphatic rings. The topological polar surface area (TPSA) is 106 Å². The van der Waals surface area contributed by atoms with Gasteiger partial charge in [0.1, 0.15) is 5.75 Å². The van der Waals surface area contributed by atoms with Crippen LogP contribution in [0.3, 0.4) is 0 Å². The third-order valence-electron chi connectivity index (χ3n) is 10.7. The highest BCUT2D eigenvalue weighted by Gasteiger charge is 2.29. The maximum atomic E-state index is 10.7. The number of aliphatic hydroxyl groups excluding tert-OH is 1. The molecule has 3 aliphatic heterocycles. The van der Waals surface area contributed by atoms with Crippen LogP contribution < -0.4 is 10.1 Å². The van der Waals surface area contributed by atoms with Crippen molar-refractivity contribution >= 4 is 28.2 Å². The predicted octanol–water partition coefficient (Wildman–Crippen LogP) is 5.85. The van der Waals surface area contributed by atoms with Gasteiger partial charge in [-0.25, -0.2) is 0 Å². The molecule has 3 N–H and O–H groups in total. The Morgan fingerprint density at radius 3 is 2.63 bits per heavy atom. The van der Waals surface area contributed by atoms with Crippen molar-refractivity contribution in [3.8, 4) is 16.9 Å². The van der Waals surface area contributed by atoms with Crippen LogP contribution in [0.2, 0.25) is 5.02 Å². The van der Waals surface area contributed by atoms with Crippen LogP contribution in [0.15, 0.2) is 30.3 Å². The number of hydrogen-bond donors (Lipinski definition) is 3. The summed E-state index contributed by atoms with van der Waals surface area (Å²) in [6, 6.07) is 10.8. The van der Waals surface area contributed by atoms with Crippen molar-refractivity contribution in [2.75, 3.05) is 25.5 Å². The molecule has 10 nitrogen and oxygen atoms in total. The van der Waals surface area contributed by atoms with Gasteiger partial charge in [-0.1, -0.05) is 23.7 Å². The third-order valence-corrected chi connectivity index (χ3v) is 11.0. The molecule has 258 valence electrons. The van der Waals surface area contributed by atoms with Gasteiger partial charge in [0.15, 0.2) is 6.29 Å². The number of aliphatic hydroxyl groups is 2. The zero-order valence-electron chi connectivity index (χ0n) is 28.7. The summed E-state index contributed by atoms with van der Waals surface area (Å²) in [5, 5.41) is 36.8. The molecule has 5 aromatic rings. The minimum atomic E-state index is -1.63. The Kier molecular flexibility index (Phi) is 8.68. The summed E-state index contributed by atoms with van der Waals surface area (Å²) < 4.78 is 12.7. The number of nitrogens with one attached hydrogen (secondary N) is 1. The van der Waals surface area contributed by atoms with Gasteiger partial charge >= 0.3 is 0 Å². The van der Waals surface area contributed by atoms with E-state index in [1.165, 1.54) is 22.5 Å². The highest BCUT2D eigenvalue weighted by Crippen LogP contribution is 2.44. The summed E-state index contributed by atoms with van der Waals surface area (Å²) in [7, 11) is 6.08. The van der Waals surface area contributed by atoms with Crippen molar-refractivity contribution in [3.63, 3.8) is 0 Å². The number of hydrogen-bond acceptors (Lipinski definition) is 7. The summed E-state index contributed by atoms with van der Waals surface area (Å²) in [5.74, 6) is 0.901. The number of rotatable bonds is 1. The second-order valence-electron chi connectivity index (χ2n) is 14.1. The predicted molar refractivity (Wildman–Crippen MR) is 192 cm³/mol. The van der Waals surface area contributed by atoms with Gasteiger partial charge in [-0.15, -0.1) is 0 Å². The smallest absolute Gasteiger partial charge is 0.194 e. The molecule has 8 bridgehead atoms. The van der Waals surface area contributed by atoms with Crippen LogP contribution in [0.4, 0.5) is 5.69 Å². The van der Waals surface area contributed by atoms with E-state index < -0.39 is 6.29 Å². The molecule has 2 aromatic carbocycles. The summed E-state index contributed by atoms with van der Waals surface area (Å²) in [6.45, 7) is 3.64. The van der Waals surface area contributed by atoms with Gasteiger partial charge < -0.3 is 24.8 Å². The summed E-state index contributed by atoms with van der Waals surface area (Å²) in [6.07, 6.45) is 6.76. The van der Waals surface area contributed by atoms with Gasteiger partial charge in [0.05, 0.1) is 39.9 Å². The molecular weight excluding hydrogens is 638 g/mol. The largest absolute Gasteiger partial charge is 0.491 e. The fourth-order valence-corrected chi connectivity index (χ4v) is 8.70. The number of fused-ring (bicyclic) bond motifs is 10. The van der Waals surface area contributed by atoms with E-state index in [2.05, 4.69) is 40.1 Å². The first-order chi connectivity index (χ1) is 23.8. The van der Waals surface area contributed by atoms with Gasteiger partial charge in [0.25, 0.3) is 0 Å². The normalized spacial score (nSPS) is 17.3. The van der Waals surface area contributed by atoms with Crippen LogP contribution >= 0.6 is 11.6 Å². The average Bonchev–Trinajstić information content (AvgIpc) is 3.71. The molecule has 0 amide bonds. The summed E-state index contributed by atoms with van der Waals surface area (Å²) in [5.41, 5.74) is 12.4. The highest BCUT2D eigenvalue weighted by atomic mass is 35.5. The number of anilines is 1. The Morgan fingerprint density at radius 1 is 0.898 bits per heavy atom. The zero-order chi connectivity index (χ0) is 33.8. The van der Waals surface area contributed by atoms with Crippen LogP contribution in [0, 0.1) is 0 Å². The molecule has 6 heterocycles. The van der Waals surface area contributed by atoms with E-state index in [1.54, 1.807) is 0 Å². The SMILES string of the molecule is CN1Cc2cc(n(C)n2)CCc2cc3c(c(c2)OCCCc2c(C(O)O)n(C)c4c(c(Cl)ccc24)-c2c(nn4c2CCCC4)C1)NCCC3. The molecule has 0 saturated carbocycles. The van der Waals surface area contributed by atoms with Crippen molar-refractivity contribution in [2.45, 2.75) is 83.7 Å². The number of aryl methyl sites for hydroxylation is 7. The number of halogens is 1. The Hall–Kier alpha value is -3.83. The Bertz CT molecular complexity index is 2040. The van der Waals surface area contributed by atoms with Gasteiger partial charge in [0.2, 0.25) is 0 Å². The van der Waals surface area contributed by atoms with Gasteiger partial charge in [0, 0.05) is 68.2 Å². The van der Waals surface area contributed by atoms with E-state index in [4.69, 9.17) is 26.5 Å². The van der Waals surface area contributed by atoms with Crippen molar-refractivity contribution in [1.29, 1.82) is 0 Å². The van der Waals surface area contributed by atoms with Crippen molar-refractivity contribution < 1.29 is 14.9 Å². The summed E-state index contributed by atoms with van der Waals surface area (Å²) >= 11 is 7.15. The third kappa shape index (κ3) is 5.92. The van der Waals surface area contributed by atoms with Crippen LogP contribution in [0.25, 0.3) is 22.0 Å². The number of ether oxygens (including phenoxy) is 1. The Balaban J connectivity index is 1.27. The molecular formula is C38H46ClN7O3. The lowest BCUT2D eigenvalue weighted by Crippen LogP contribution is -2.18. The first kappa shape index (κ1) is 32.4. The molecule has 49 heavy (non-hydrogen) atoms. The standard InChI is InChI=1S/C38H46ClN7O3/c1-43-21-25-20-26(45(3)41-25)12-11-23-18-24-8-6-15-40-35(24)32(19-23)49-17-7-9-27-28-13-14-29(39)33(36(28)44(2)37(27)38(47)48)34-30(22-43)42-46-16-5-4-10-31(34)46/h13-14,18-20,38,40,47-48H,4-12,15-17,21-22H2,1-3H3. The molecule has 0 saturated heterocycles. The van der Waals surface area contributed by atoms with Crippen LogP contribution in [-0.4, -0.2) is 59.4 Å². The Labute approximate surface area is 292 Å². The molecule has 8 rings (SSSR count). The number of benzene rings is 2. The zero-order valence-corrected chi connectivity index (χ0v) is 29.5. The fraction of sp³-hybridized carbons (Fsp3) is 0.474. The van der Waals surface area contributed by atoms with Crippen LogP contribution in [-0.2, 0) is 65.8 Å². The molecule has 3 aromatic heterocycles. The van der Waals surface area contributed by atoms with Crippen LogP contribution in [0.5, 0.6) is 5.75 Å². The first-order valence-electron chi connectivity index (χ1n) is 17.7. The van der Waals surface area contributed by atoms with Gasteiger partial charge in [-0.2, -0.15) is 10.2 Å². The molecule has 0 atom stereocenters. The second kappa shape index (κ2) is 13.1. The minimum absolute atomic E-state index is 0.493. The van der Waals surface area contributed by atoms with Crippen molar-refractivity contribution in [3.05, 3.63) is 80.5 Å². The molecule has 0 radical (unpaired) electrons. The highest BCUT2D eigenvalue weighted by molar-refractivity contribution is 6.35. The van der Waals surface area contributed by atoms with E-state index in [1.807, 2.05) is 35.5 Å². The summed E-state index contributed by atoms with van der Waals surface area (Å²) in [4.78, 5) is 2.28. The van der Waals surface area contributed by atoms with E-state index in [0.717, 1.165) is 108 Å². The second-order valence-corrected chi connectivity index (χ2v) is 14.5. The maximum Gasteiger partial charge on any atom is 0.194 e. The van der Waals surface area contributed by atoms with Gasteiger partial charge in [-0.3, -0.25) is 14.3 Å². The quantitative estimate of drug-likeness (QED) is 0.191. The van der Waals surface area contributed by atoms with Crippen molar-refractivity contribution in [2.24, 2.45) is 14.1 Å². The average molecular weight is 684 g/mol. The monoisotopic (exact) mass is 683 g/mol. The lowest BCUT2D eigenvalue weighted by atomic mass is 9.95. The first-order valence-corrected chi connectivity index (χ1v) is 18.1. The van der Waals surface area contributed by atoms with Gasteiger partial charge in [-0.05, 0) is 99.7 Å². The minimum Gasteiger partial charge on any atom is -0.491 e. The molecule has 0 fully saturated rings. The molecule has 0 unspecified atom stereocenters. The maximum absolute atomic E-state index is 10.7. The fourth-order valence-electron chi connectivity index (χ4n) is 8.45. The lowest BCUT2D eigenvalue weighted by Gasteiger charge is -2.23. The van der Waals surface area contributed by atoms with E-state index >= 15 is 0 Å².